The van der Waals surface area contributed by atoms with Gasteiger partial charge in [-0.1, -0.05) is 6.92 Å². The minimum atomic E-state index is 0. The first-order valence-corrected chi connectivity index (χ1v) is 2.55. The van der Waals surface area contributed by atoms with Gasteiger partial charge in [0.1, 0.15) is 0 Å². The predicted molar refractivity (Wildman–Crippen MR) is 30.8 cm³/mol. The molecule has 0 amide bonds. The summed E-state index contributed by atoms with van der Waals surface area (Å²) in [5, 5.41) is 0. The van der Waals surface area contributed by atoms with Gasteiger partial charge in [-0.3, -0.25) is 6.08 Å². The summed E-state index contributed by atoms with van der Waals surface area (Å²) in [4.78, 5) is 0. The minimum Gasteiger partial charge on any atom is -1.00 e. The van der Waals surface area contributed by atoms with Crippen molar-refractivity contribution in [2.24, 2.45) is 0 Å². The maximum absolute atomic E-state index is 3.19. The van der Waals surface area contributed by atoms with Gasteiger partial charge < -0.3 is 34.0 Å². The van der Waals surface area contributed by atoms with E-state index in [1.807, 2.05) is 0 Å². The summed E-state index contributed by atoms with van der Waals surface area (Å²) >= 11 is 0. The molecule has 3 heteroatoms. The molecule has 0 aromatic carbocycles. The zero-order chi connectivity index (χ0) is 5.28. The van der Waals surface area contributed by atoms with Gasteiger partial charge in [0.15, 0.2) is 0 Å². The monoisotopic (exact) mass is 341 g/mol. The molecule has 0 spiro atoms. The minimum absolute atomic E-state index is 0. The molecule has 1 rings (SSSR count). The van der Waals surface area contributed by atoms with Crippen molar-refractivity contribution in [2.75, 3.05) is 0 Å². The number of hydrogen-bond acceptors (Lipinski definition) is 0. The average molecular weight is 344 g/mol. The second-order valence-corrected chi connectivity index (χ2v) is 1.89. The molecule has 0 aliphatic heterocycles. The van der Waals surface area contributed by atoms with Gasteiger partial charge in [-0.05, 0) is 0 Å². The van der Waals surface area contributed by atoms with E-state index >= 15 is 0 Å². The van der Waals surface area contributed by atoms with Crippen LogP contribution in [-0.4, -0.2) is 0 Å². The van der Waals surface area contributed by atoms with Crippen LogP contribution >= 0.6 is 0 Å². The second kappa shape index (κ2) is 8.42. The molecule has 0 heterocycles. The molecular formula is C7H9Br2Zr. The van der Waals surface area contributed by atoms with Crippen LogP contribution in [0.15, 0.2) is 17.2 Å². The quantitative estimate of drug-likeness (QED) is 0.394. The maximum atomic E-state index is 3.19. The van der Waals surface area contributed by atoms with Crippen LogP contribution in [0.3, 0.4) is 0 Å². The molecule has 0 unspecified atom stereocenters. The van der Waals surface area contributed by atoms with E-state index in [4.69, 9.17) is 0 Å². The Balaban J connectivity index is -0.000000163. The third kappa shape index (κ3) is 5.04. The molecule has 1 radical (unpaired) electrons. The van der Waals surface area contributed by atoms with Gasteiger partial charge in [-0.2, -0.15) is 6.08 Å². The predicted octanol–water partition coefficient (Wildman–Crippen LogP) is -3.91. The molecule has 10 heavy (non-hydrogen) atoms. The van der Waals surface area contributed by atoms with Crippen LogP contribution in [0.1, 0.15) is 20.3 Å². The first-order valence-electron chi connectivity index (χ1n) is 2.55. The first-order chi connectivity index (χ1) is 3.30. The Morgan fingerprint density at radius 1 is 1.30 bits per heavy atom. The standard InChI is InChI=1S/C7H9.2BrH.Zr/c1-6-4-3-5-7(6)2;;;/h4H,3H2,1-2H3;2*1H;/q-1;;;+3/p-2. The summed E-state index contributed by atoms with van der Waals surface area (Å²) in [6.45, 7) is 4.22. The fourth-order valence-electron chi connectivity index (χ4n) is 0.650. The molecule has 0 aromatic rings. The molecule has 1 aliphatic rings. The summed E-state index contributed by atoms with van der Waals surface area (Å²) < 4.78 is 0. The topological polar surface area (TPSA) is 0 Å². The van der Waals surface area contributed by atoms with Crippen LogP contribution in [0.5, 0.6) is 0 Å². The maximum Gasteiger partial charge on any atom is 3.00 e. The third-order valence-electron chi connectivity index (χ3n) is 1.37. The van der Waals surface area contributed by atoms with E-state index < -0.39 is 0 Å². The van der Waals surface area contributed by atoms with Crippen molar-refractivity contribution in [1.29, 1.82) is 0 Å². The van der Waals surface area contributed by atoms with E-state index in [0.29, 0.717) is 0 Å². The Labute approximate surface area is 103 Å². The third-order valence-corrected chi connectivity index (χ3v) is 1.37. The molecule has 1 aliphatic carbocycles. The van der Waals surface area contributed by atoms with Crippen molar-refractivity contribution in [3.05, 3.63) is 23.3 Å². The Kier molecular flexibility index (Phi) is 14.7. The molecule has 55 valence electrons. The largest absolute Gasteiger partial charge is 3.00 e. The van der Waals surface area contributed by atoms with Crippen molar-refractivity contribution in [2.45, 2.75) is 20.3 Å². The zero-order valence-electron chi connectivity index (χ0n) is 6.04. The molecule has 0 nitrogen and oxygen atoms in total. The molecular weight excluding hydrogens is 335 g/mol. The second-order valence-electron chi connectivity index (χ2n) is 1.89. The fraction of sp³-hybridized carbons (Fsp3) is 0.429. The van der Waals surface area contributed by atoms with E-state index in [2.05, 4.69) is 26.0 Å². The summed E-state index contributed by atoms with van der Waals surface area (Å²) in [5.74, 6) is 0. The van der Waals surface area contributed by atoms with E-state index in [0.717, 1.165) is 6.42 Å². The van der Waals surface area contributed by atoms with Crippen molar-refractivity contribution in [3.63, 3.8) is 0 Å². The normalized spacial score (nSPS) is 13.4. The van der Waals surface area contributed by atoms with E-state index in [-0.39, 0.29) is 60.2 Å². The van der Waals surface area contributed by atoms with Crippen LogP contribution in [0.25, 0.3) is 0 Å². The van der Waals surface area contributed by atoms with Crippen LogP contribution in [0.2, 0.25) is 0 Å². The molecule has 0 N–H and O–H groups in total. The summed E-state index contributed by atoms with van der Waals surface area (Å²) in [7, 11) is 0. The van der Waals surface area contributed by atoms with Crippen molar-refractivity contribution < 1.29 is 60.2 Å². The number of halogens is 2. The van der Waals surface area contributed by atoms with Crippen LogP contribution in [0.4, 0.5) is 0 Å². The van der Waals surface area contributed by atoms with Crippen molar-refractivity contribution >= 4 is 0 Å². The Bertz CT molecular complexity index is 123. The SMILES string of the molecule is CC1=[C-]CC=C1C.[Br-].[Br-].[Zr+3]. The van der Waals surface area contributed by atoms with Gasteiger partial charge >= 0.3 is 26.2 Å². The number of allylic oxidation sites excluding steroid dienone is 4. The van der Waals surface area contributed by atoms with Crippen LogP contribution in [0, 0.1) is 6.08 Å². The Morgan fingerprint density at radius 3 is 1.90 bits per heavy atom. The number of rotatable bonds is 0. The molecule has 0 bridgehead atoms. The number of hydrogen-bond donors (Lipinski definition) is 0. The first kappa shape index (κ1) is 17.4. The molecule has 0 saturated heterocycles. The van der Waals surface area contributed by atoms with Crippen molar-refractivity contribution in [3.8, 4) is 0 Å². The van der Waals surface area contributed by atoms with Gasteiger partial charge in [-0.25, -0.2) is 11.1 Å². The molecule has 0 aromatic heterocycles. The summed E-state index contributed by atoms with van der Waals surface area (Å²) in [6, 6.07) is 0. The Morgan fingerprint density at radius 2 is 1.80 bits per heavy atom. The summed E-state index contributed by atoms with van der Waals surface area (Å²) in [5.41, 5.74) is 2.71. The van der Waals surface area contributed by atoms with Crippen LogP contribution < -0.4 is 34.0 Å². The van der Waals surface area contributed by atoms with Gasteiger partial charge in [0.25, 0.3) is 0 Å². The molecule has 0 saturated carbocycles. The van der Waals surface area contributed by atoms with Gasteiger partial charge in [-0.15, -0.1) is 13.3 Å². The molecule has 0 fully saturated rings. The van der Waals surface area contributed by atoms with Gasteiger partial charge in [0, 0.05) is 0 Å². The Hall–Kier alpha value is 1.32. The van der Waals surface area contributed by atoms with Gasteiger partial charge in [0.05, 0.1) is 0 Å². The van der Waals surface area contributed by atoms with Gasteiger partial charge in [0.2, 0.25) is 0 Å². The van der Waals surface area contributed by atoms with Crippen molar-refractivity contribution in [1.82, 2.24) is 0 Å². The fourth-order valence-corrected chi connectivity index (χ4v) is 0.650. The zero-order valence-corrected chi connectivity index (χ0v) is 11.7. The van der Waals surface area contributed by atoms with Crippen LogP contribution in [-0.2, 0) is 26.2 Å². The van der Waals surface area contributed by atoms with E-state index in [1.54, 1.807) is 0 Å². The average Bonchev–Trinajstić information content (AvgIpc) is 1.91. The summed E-state index contributed by atoms with van der Waals surface area (Å²) in [6.07, 6.45) is 6.41. The smallest absolute Gasteiger partial charge is 1.00 e. The molecule has 0 atom stereocenters. The van der Waals surface area contributed by atoms with E-state index in [9.17, 15) is 0 Å². The van der Waals surface area contributed by atoms with E-state index in [1.165, 1.54) is 11.1 Å².